The molecule has 1 amide bonds. The summed E-state index contributed by atoms with van der Waals surface area (Å²) in [4.78, 5) is 48.0. The van der Waals surface area contributed by atoms with Crippen molar-refractivity contribution in [2.75, 3.05) is 33.1 Å². The third-order valence-corrected chi connectivity index (χ3v) is 8.38. The smallest absolute Gasteiger partial charge is 0.255 e. The highest BCUT2D eigenvalue weighted by molar-refractivity contribution is 6.25. The summed E-state index contributed by atoms with van der Waals surface area (Å²) in [6.45, 7) is 6.34. The molecule has 0 saturated carbocycles. The molecule has 2 aromatic rings. The number of anilines is 1. The molecule has 12 heteroatoms. The number of hydrogen-bond donors (Lipinski definition) is 5. The van der Waals surface area contributed by atoms with Crippen LogP contribution in [0.4, 0.5) is 5.69 Å². The van der Waals surface area contributed by atoms with Gasteiger partial charge in [-0.1, -0.05) is 0 Å². The van der Waals surface area contributed by atoms with Crippen LogP contribution in [-0.4, -0.2) is 88.0 Å². The molecule has 4 atom stereocenters. The Labute approximate surface area is 237 Å². The molecule has 0 saturated heterocycles. The van der Waals surface area contributed by atoms with Crippen LogP contribution in [0.1, 0.15) is 49.0 Å². The largest absolute Gasteiger partial charge is 0.510 e. The van der Waals surface area contributed by atoms with Gasteiger partial charge >= 0.3 is 0 Å². The number of nitrogens with two attached hydrogens (primary N) is 1. The second kappa shape index (κ2) is 9.40. The molecule has 3 aliphatic carbocycles. The number of likely N-dealkylation sites (N-methyl/N-ethyl adjacent to an activating group) is 1. The second-order valence-electron chi connectivity index (χ2n) is 12.7. The number of carbonyl (C=O) groups excluding carboxylic acids is 3. The summed E-state index contributed by atoms with van der Waals surface area (Å²) in [5.74, 6) is -5.69. The minimum atomic E-state index is -2.63. The summed E-state index contributed by atoms with van der Waals surface area (Å²) in [6, 6.07) is 0.850. The van der Waals surface area contributed by atoms with E-state index in [1.807, 2.05) is 45.8 Å². The van der Waals surface area contributed by atoms with Crippen molar-refractivity contribution >= 4 is 34.3 Å². The van der Waals surface area contributed by atoms with Crippen molar-refractivity contribution in [3.8, 4) is 0 Å². The molecule has 5 rings (SSSR count). The number of nitrogens with zero attached hydrogens (tertiary/aromatic N) is 3. The first-order valence-electron chi connectivity index (χ1n) is 13.5. The first-order valence-corrected chi connectivity index (χ1v) is 13.5. The van der Waals surface area contributed by atoms with Gasteiger partial charge in [-0.2, -0.15) is 0 Å². The van der Waals surface area contributed by atoms with Gasteiger partial charge in [0.2, 0.25) is 11.7 Å². The number of fused-ring (bicyclic) bond motifs is 5. The maximum absolute atomic E-state index is 14.3. The molecule has 0 unspecified atom stereocenters. The molecule has 3 aliphatic rings. The van der Waals surface area contributed by atoms with E-state index in [1.165, 1.54) is 0 Å². The van der Waals surface area contributed by atoms with Gasteiger partial charge in [0.05, 0.1) is 18.2 Å². The summed E-state index contributed by atoms with van der Waals surface area (Å²) in [5.41, 5.74) is 4.06. The number of carbonyl (C=O) groups is 3. The molecule has 41 heavy (non-hydrogen) atoms. The number of amides is 1. The molecular formula is C29H37N5O7. The van der Waals surface area contributed by atoms with E-state index in [-0.39, 0.29) is 28.7 Å². The van der Waals surface area contributed by atoms with Crippen molar-refractivity contribution in [2.24, 2.45) is 17.6 Å². The maximum atomic E-state index is 14.3. The van der Waals surface area contributed by atoms with Crippen molar-refractivity contribution in [3.05, 3.63) is 45.7 Å². The molecule has 0 aliphatic heterocycles. The third-order valence-electron chi connectivity index (χ3n) is 8.38. The fourth-order valence-electron chi connectivity index (χ4n) is 6.55. The van der Waals surface area contributed by atoms with Crippen molar-refractivity contribution in [3.63, 3.8) is 0 Å². The van der Waals surface area contributed by atoms with E-state index in [0.717, 1.165) is 5.69 Å². The maximum Gasteiger partial charge on any atom is 0.255 e. The van der Waals surface area contributed by atoms with Crippen molar-refractivity contribution in [2.45, 2.75) is 57.3 Å². The van der Waals surface area contributed by atoms with Gasteiger partial charge in [0, 0.05) is 36.8 Å². The van der Waals surface area contributed by atoms with Crippen molar-refractivity contribution in [1.82, 2.24) is 15.2 Å². The van der Waals surface area contributed by atoms with Gasteiger partial charge in [0.25, 0.3) is 5.91 Å². The van der Waals surface area contributed by atoms with Crippen LogP contribution in [0.5, 0.6) is 0 Å². The van der Waals surface area contributed by atoms with E-state index in [4.69, 9.17) is 10.2 Å². The molecule has 6 N–H and O–H groups in total. The van der Waals surface area contributed by atoms with Crippen LogP contribution < -0.4 is 16.0 Å². The zero-order chi connectivity index (χ0) is 30.3. The standard InChI is InChI=1S/C29H37N5O7/c1-28(2,3)31-11-17-32-15-10-16(33(4)5)13-8-12-9-14-21(34(6)7)23(36)20(27(30)39)26(38)29(14,40)25(37)18(12)22(35)19(13)24(15)41-17/h10,12,14,21,31,36-37,40H,8-9,11H2,1-7H3,(H2,30,39)/t12-,14-,21-,29-/m0/s1. The highest BCUT2D eigenvalue weighted by atomic mass is 16.4. The van der Waals surface area contributed by atoms with Crippen molar-refractivity contribution < 1.29 is 34.1 Å². The van der Waals surface area contributed by atoms with E-state index >= 15 is 0 Å². The number of primary amides is 1. The predicted octanol–water partition coefficient (Wildman–Crippen LogP) is 1.51. The summed E-state index contributed by atoms with van der Waals surface area (Å²) >= 11 is 0. The Bertz CT molecular complexity index is 1560. The summed E-state index contributed by atoms with van der Waals surface area (Å²) in [7, 11) is 6.94. The Kier molecular flexibility index (Phi) is 6.60. The van der Waals surface area contributed by atoms with Gasteiger partial charge in [-0.15, -0.1) is 0 Å². The number of nitrogens with one attached hydrogen (secondary N) is 1. The lowest BCUT2D eigenvalue weighted by atomic mass is 9.58. The molecule has 0 fully saturated rings. The highest BCUT2D eigenvalue weighted by Gasteiger charge is 2.63. The number of allylic oxidation sites excluding steroid dienone is 1. The summed E-state index contributed by atoms with van der Waals surface area (Å²) in [6.07, 6.45) is 0.377. The van der Waals surface area contributed by atoms with Gasteiger partial charge in [-0.05, 0) is 65.3 Å². The van der Waals surface area contributed by atoms with E-state index in [0.29, 0.717) is 29.9 Å². The average Bonchev–Trinajstić information content (AvgIpc) is 3.26. The van der Waals surface area contributed by atoms with Crippen LogP contribution in [0.25, 0.3) is 11.1 Å². The molecular weight excluding hydrogens is 530 g/mol. The number of benzene rings is 1. The zero-order valence-electron chi connectivity index (χ0n) is 24.3. The monoisotopic (exact) mass is 567 g/mol. The first-order chi connectivity index (χ1) is 19.0. The molecule has 1 aromatic carbocycles. The number of ketones is 2. The first kappa shape index (κ1) is 28.8. The van der Waals surface area contributed by atoms with Crippen LogP contribution in [0.3, 0.4) is 0 Å². The molecule has 12 nitrogen and oxygen atoms in total. The number of aromatic nitrogens is 1. The van der Waals surface area contributed by atoms with Gasteiger partial charge < -0.3 is 35.7 Å². The van der Waals surface area contributed by atoms with E-state index in [9.17, 15) is 29.7 Å². The Morgan fingerprint density at radius 3 is 2.44 bits per heavy atom. The number of rotatable bonds is 5. The average molecular weight is 568 g/mol. The summed E-state index contributed by atoms with van der Waals surface area (Å²) < 4.78 is 6.09. The number of Topliss-reactive ketones (excluding diaryl/α,β-unsaturated/α-hetero) is 2. The molecule has 1 aromatic heterocycles. The number of hydrogen-bond acceptors (Lipinski definition) is 11. The third kappa shape index (κ3) is 4.23. The van der Waals surface area contributed by atoms with Crippen LogP contribution in [-0.2, 0) is 22.6 Å². The Balaban J connectivity index is 1.72. The Morgan fingerprint density at radius 1 is 1.22 bits per heavy atom. The zero-order valence-corrected chi connectivity index (χ0v) is 24.3. The van der Waals surface area contributed by atoms with E-state index < -0.39 is 58.0 Å². The normalized spacial score (nSPS) is 26.4. The molecule has 0 spiro atoms. The van der Waals surface area contributed by atoms with Gasteiger partial charge in [0.15, 0.2) is 17.0 Å². The van der Waals surface area contributed by atoms with E-state index in [2.05, 4.69) is 10.3 Å². The van der Waals surface area contributed by atoms with Crippen LogP contribution in [0.15, 0.2) is 33.1 Å². The number of aliphatic hydroxyl groups is 3. The lowest BCUT2D eigenvalue weighted by Crippen LogP contribution is -2.63. The van der Waals surface area contributed by atoms with Gasteiger partial charge in [-0.3, -0.25) is 19.3 Å². The quantitative estimate of drug-likeness (QED) is 0.330. The van der Waals surface area contributed by atoms with E-state index in [1.54, 1.807) is 19.0 Å². The Hall–Kier alpha value is -3.74. The fraction of sp³-hybridized carbons (Fsp3) is 0.517. The second-order valence-corrected chi connectivity index (χ2v) is 12.7. The predicted molar refractivity (Wildman–Crippen MR) is 150 cm³/mol. The summed E-state index contributed by atoms with van der Waals surface area (Å²) in [5, 5.41) is 37.7. The lowest BCUT2D eigenvalue weighted by molar-refractivity contribution is -0.148. The van der Waals surface area contributed by atoms with Crippen LogP contribution in [0, 0.1) is 11.8 Å². The molecule has 0 bridgehead atoms. The molecule has 220 valence electrons. The topological polar surface area (TPSA) is 182 Å². The Morgan fingerprint density at radius 2 is 1.88 bits per heavy atom. The highest BCUT2D eigenvalue weighted by Crippen LogP contribution is 2.53. The molecule has 0 radical (unpaired) electrons. The fourth-order valence-corrected chi connectivity index (χ4v) is 6.55. The molecule has 1 heterocycles. The number of aliphatic hydroxyl groups excluding tert-OH is 2. The SMILES string of the molecule is CN(C)c1cc2nc(CNC(C)(C)C)oc2c2c1C[C@H]1C[C@H]3[C@H](N(C)C)C(O)=C(C(N)=O)C(=O)[C@@]3(O)C(O)=C1C2=O. The van der Waals surface area contributed by atoms with Crippen LogP contribution in [0.2, 0.25) is 0 Å². The van der Waals surface area contributed by atoms with Crippen molar-refractivity contribution in [1.29, 1.82) is 0 Å². The lowest BCUT2D eigenvalue weighted by Gasteiger charge is -2.50. The van der Waals surface area contributed by atoms with Crippen LogP contribution >= 0.6 is 0 Å². The number of oxazole rings is 1. The van der Waals surface area contributed by atoms with Gasteiger partial charge in [-0.25, -0.2) is 4.98 Å². The van der Waals surface area contributed by atoms with Gasteiger partial charge in [0.1, 0.15) is 22.6 Å². The minimum Gasteiger partial charge on any atom is -0.510 e. The minimum absolute atomic E-state index is 0.0772.